The van der Waals surface area contributed by atoms with Crippen LogP contribution in [0.4, 0.5) is 0 Å². The molecule has 1 aromatic heterocycles. The average molecular weight is 387 g/mol. The summed E-state index contributed by atoms with van der Waals surface area (Å²) >= 11 is 0. The van der Waals surface area contributed by atoms with Crippen LogP contribution in [0.25, 0.3) is 10.9 Å². The van der Waals surface area contributed by atoms with Crippen LogP contribution in [0.15, 0.2) is 30.5 Å². The first-order valence-electron chi connectivity index (χ1n) is 9.36. The zero-order valence-corrected chi connectivity index (χ0v) is 16.0. The lowest BCUT2D eigenvalue weighted by Crippen LogP contribution is -2.42. The Bertz CT molecular complexity index is 855. The fourth-order valence-corrected chi connectivity index (χ4v) is 3.24. The van der Waals surface area contributed by atoms with E-state index in [0.29, 0.717) is 56.8 Å². The van der Waals surface area contributed by atoms with Gasteiger partial charge in [-0.3, -0.25) is 14.4 Å². The first-order chi connectivity index (χ1) is 13.6. The molecule has 1 fully saturated rings. The number of Topliss-reactive ketones (excluding diaryl/α,β-unsaturated/α-hetero) is 1. The lowest BCUT2D eigenvalue weighted by atomic mass is 10.1. The van der Waals surface area contributed by atoms with E-state index in [-0.39, 0.29) is 12.5 Å². The van der Waals surface area contributed by atoms with Gasteiger partial charge in [-0.15, -0.1) is 0 Å². The number of carbonyl (C=O) groups is 3. The van der Waals surface area contributed by atoms with E-state index >= 15 is 0 Å². The Balaban J connectivity index is 1.77. The zero-order chi connectivity index (χ0) is 19.9. The number of ether oxygens (including phenoxy) is 2. The van der Waals surface area contributed by atoms with Gasteiger partial charge < -0.3 is 24.3 Å². The molecule has 0 unspecified atom stereocenters. The molecule has 3 rings (SSSR count). The van der Waals surface area contributed by atoms with Crippen LogP contribution < -0.4 is 5.32 Å². The molecule has 28 heavy (non-hydrogen) atoms. The molecule has 0 saturated carbocycles. The van der Waals surface area contributed by atoms with Crippen LogP contribution in [0.5, 0.6) is 0 Å². The summed E-state index contributed by atoms with van der Waals surface area (Å²) in [6, 6.07) is 7.28. The molecule has 2 aromatic rings. The molecule has 150 valence electrons. The predicted octanol–water partition coefficient (Wildman–Crippen LogP) is 0.836. The molecular weight excluding hydrogens is 362 g/mol. The summed E-state index contributed by atoms with van der Waals surface area (Å²) < 4.78 is 12.0. The molecule has 0 spiro atoms. The fraction of sp³-hybridized carbons (Fsp3) is 0.450. The van der Waals surface area contributed by atoms with Crippen LogP contribution in [0.1, 0.15) is 16.8 Å². The maximum Gasteiger partial charge on any atom is 0.292 e. The minimum atomic E-state index is -0.654. The van der Waals surface area contributed by atoms with Crippen molar-refractivity contribution in [2.24, 2.45) is 0 Å². The van der Waals surface area contributed by atoms with E-state index in [4.69, 9.17) is 9.47 Å². The van der Waals surface area contributed by atoms with Gasteiger partial charge >= 0.3 is 0 Å². The molecule has 1 aliphatic rings. The number of amides is 2. The number of hydrogen-bond acceptors (Lipinski definition) is 5. The summed E-state index contributed by atoms with van der Waals surface area (Å²) in [7, 11) is 1.58. The van der Waals surface area contributed by atoms with Crippen LogP contribution in [-0.4, -0.2) is 73.6 Å². The molecule has 1 aromatic carbocycles. The first kappa shape index (κ1) is 20.0. The molecule has 0 radical (unpaired) electrons. The number of benzene rings is 1. The van der Waals surface area contributed by atoms with Crippen molar-refractivity contribution in [3.8, 4) is 0 Å². The summed E-state index contributed by atoms with van der Waals surface area (Å²) in [6.45, 7) is 3.19. The number of para-hydroxylation sites is 1. The topological polar surface area (TPSA) is 89.9 Å². The lowest BCUT2D eigenvalue weighted by Gasteiger charge is -2.27. The monoisotopic (exact) mass is 387 g/mol. The van der Waals surface area contributed by atoms with E-state index in [0.717, 1.165) is 5.52 Å². The molecule has 8 heteroatoms. The van der Waals surface area contributed by atoms with Crippen molar-refractivity contribution in [2.75, 3.05) is 46.6 Å². The number of hydrogen-bond donors (Lipinski definition) is 1. The van der Waals surface area contributed by atoms with Crippen LogP contribution in [0, 0.1) is 0 Å². The van der Waals surface area contributed by atoms with Crippen molar-refractivity contribution in [2.45, 2.75) is 13.0 Å². The number of rotatable bonds is 8. The molecule has 1 N–H and O–H groups in total. The van der Waals surface area contributed by atoms with Crippen LogP contribution in [0.3, 0.4) is 0 Å². The standard InChI is InChI=1S/C20H25N3O5/c1-27-10-4-7-21-20(26)19(25)16-13-23(17-6-3-2-5-15(16)17)14-18(24)22-8-11-28-12-9-22/h2-3,5-6,13H,4,7-12,14H2,1H3,(H,21,26). The second-order valence-corrected chi connectivity index (χ2v) is 6.61. The first-order valence-corrected chi connectivity index (χ1v) is 9.36. The van der Waals surface area contributed by atoms with E-state index < -0.39 is 11.7 Å². The molecule has 8 nitrogen and oxygen atoms in total. The van der Waals surface area contributed by atoms with E-state index in [1.807, 2.05) is 18.2 Å². The Morgan fingerprint density at radius 3 is 2.68 bits per heavy atom. The van der Waals surface area contributed by atoms with Crippen LogP contribution >= 0.6 is 0 Å². The quantitative estimate of drug-likeness (QED) is 0.412. The van der Waals surface area contributed by atoms with Crippen LogP contribution in [0.2, 0.25) is 0 Å². The Morgan fingerprint density at radius 1 is 1.18 bits per heavy atom. The summed E-state index contributed by atoms with van der Waals surface area (Å²) in [5.41, 5.74) is 1.05. The van der Waals surface area contributed by atoms with Crippen molar-refractivity contribution in [3.05, 3.63) is 36.0 Å². The third kappa shape index (κ3) is 4.58. The van der Waals surface area contributed by atoms with E-state index in [1.165, 1.54) is 0 Å². The third-order valence-corrected chi connectivity index (χ3v) is 4.72. The largest absolute Gasteiger partial charge is 0.385 e. The zero-order valence-electron chi connectivity index (χ0n) is 16.0. The van der Waals surface area contributed by atoms with E-state index in [9.17, 15) is 14.4 Å². The van der Waals surface area contributed by atoms with Gasteiger partial charge in [-0.2, -0.15) is 0 Å². The van der Waals surface area contributed by atoms with Gasteiger partial charge in [-0.05, 0) is 12.5 Å². The Labute approximate surface area is 163 Å². The van der Waals surface area contributed by atoms with Gasteiger partial charge in [-0.1, -0.05) is 18.2 Å². The molecule has 1 saturated heterocycles. The number of carbonyl (C=O) groups excluding carboxylic acids is 3. The average Bonchev–Trinajstić information content (AvgIpc) is 3.09. The summed E-state index contributed by atoms with van der Waals surface area (Å²) in [4.78, 5) is 39.2. The van der Waals surface area contributed by atoms with E-state index in [1.54, 1.807) is 28.8 Å². The fourth-order valence-electron chi connectivity index (χ4n) is 3.24. The maximum atomic E-state index is 12.7. The number of nitrogens with zero attached hydrogens (tertiary/aromatic N) is 2. The molecule has 1 aliphatic heterocycles. The van der Waals surface area contributed by atoms with Crippen molar-refractivity contribution in [3.63, 3.8) is 0 Å². The normalized spacial score (nSPS) is 14.2. The molecular formula is C20H25N3O5. The number of ketones is 1. The van der Waals surface area contributed by atoms with Crippen LogP contribution in [-0.2, 0) is 25.6 Å². The van der Waals surface area contributed by atoms with Gasteiger partial charge in [0, 0.05) is 50.5 Å². The molecule has 0 bridgehead atoms. The smallest absolute Gasteiger partial charge is 0.292 e. The Kier molecular flexibility index (Phi) is 6.78. The predicted molar refractivity (Wildman–Crippen MR) is 103 cm³/mol. The molecule has 0 atom stereocenters. The van der Waals surface area contributed by atoms with Gasteiger partial charge in [0.2, 0.25) is 5.91 Å². The van der Waals surface area contributed by atoms with Gasteiger partial charge in [0.15, 0.2) is 0 Å². The number of morpholine rings is 1. The van der Waals surface area contributed by atoms with Gasteiger partial charge in [-0.25, -0.2) is 0 Å². The highest BCUT2D eigenvalue weighted by Gasteiger charge is 2.23. The molecule has 2 amide bonds. The minimum absolute atomic E-state index is 0.0351. The summed E-state index contributed by atoms with van der Waals surface area (Å²) in [5.74, 6) is -1.29. The highest BCUT2D eigenvalue weighted by molar-refractivity contribution is 6.45. The third-order valence-electron chi connectivity index (χ3n) is 4.72. The highest BCUT2D eigenvalue weighted by atomic mass is 16.5. The minimum Gasteiger partial charge on any atom is -0.385 e. The summed E-state index contributed by atoms with van der Waals surface area (Å²) in [6.07, 6.45) is 2.23. The number of methoxy groups -OCH3 is 1. The van der Waals surface area contributed by atoms with Crippen molar-refractivity contribution >= 4 is 28.5 Å². The number of aromatic nitrogens is 1. The molecule has 2 heterocycles. The molecule has 0 aliphatic carbocycles. The Morgan fingerprint density at radius 2 is 1.93 bits per heavy atom. The maximum absolute atomic E-state index is 12.7. The van der Waals surface area contributed by atoms with Gasteiger partial charge in [0.05, 0.1) is 18.8 Å². The van der Waals surface area contributed by atoms with Crippen molar-refractivity contribution in [1.82, 2.24) is 14.8 Å². The lowest BCUT2D eigenvalue weighted by molar-refractivity contribution is -0.135. The SMILES string of the molecule is COCCCNC(=O)C(=O)c1cn(CC(=O)N2CCOCC2)c2ccccc12. The number of fused-ring (bicyclic) bond motifs is 1. The second kappa shape index (κ2) is 9.48. The van der Waals surface area contributed by atoms with E-state index in [2.05, 4.69) is 5.32 Å². The van der Waals surface area contributed by atoms with Crippen molar-refractivity contribution < 1.29 is 23.9 Å². The van der Waals surface area contributed by atoms with Gasteiger partial charge in [0.25, 0.3) is 11.7 Å². The highest BCUT2D eigenvalue weighted by Crippen LogP contribution is 2.22. The summed E-state index contributed by atoms with van der Waals surface area (Å²) in [5, 5.41) is 3.28. The van der Waals surface area contributed by atoms with Gasteiger partial charge in [0.1, 0.15) is 6.54 Å². The number of nitrogens with one attached hydrogen (secondary N) is 1. The second-order valence-electron chi connectivity index (χ2n) is 6.61. The Hall–Kier alpha value is -2.71. The van der Waals surface area contributed by atoms with Crippen molar-refractivity contribution in [1.29, 1.82) is 0 Å².